The summed E-state index contributed by atoms with van der Waals surface area (Å²) in [5.41, 5.74) is 2.12. The number of nitrogens with one attached hydrogen (secondary N) is 1. The molecule has 1 fully saturated rings. The molecule has 0 bridgehead atoms. The summed E-state index contributed by atoms with van der Waals surface area (Å²) >= 11 is 0. The summed E-state index contributed by atoms with van der Waals surface area (Å²) < 4.78 is 5.72. The largest absolute Gasteiger partial charge is 0.381 e. The number of aromatic nitrogens is 1. The maximum Gasteiger partial charge on any atom is 0.0751 e. The van der Waals surface area contributed by atoms with Crippen LogP contribution in [-0.4, -0.2) is 23.7 Å². The van der Waals surface area contributed by atoms with Crippen molar-refractivity contribution in [1.82, 2.24) is 4.98 Å². The van der Waals surface area contributed by atoms with Gasteiger partial charge in [-0.3, -0.25) is 4.98 Å². The maximum absolute atomic E-state index is 5.72. The summed E-state index contributed by atoms with van der Waals surface area (Å²) in [7, 11) is 0. The molecule has 1 N–H and O–H groups in total. The Labute approximate surface area is 90.9 Å². The molecule has 3 nitrogen and oxygen atoms in total. The quantitative estimate of drug-likeness (QED) is 0.824. The molecule has 1 saturated heterocycles. The minimum atomic E-state index is 0.362. The standard InChI is InChI=1S/C12H18N2O/c1-9-3-5-11(7-13-9)14-8-12-6-4-10(2)15-12/h3,5,7,10,12,14H,4,6,8H2,1-2H3. The highest BCUT2D eigenvalue weighted by molar-refractivity contribution is 5.40. The Morgan fingerprint density at radius 3 is 2.93 bits per heavy atom. The van der Waals surface area contributed by atoms with Gasteiger partial charge in [0.2, 0.25) is 0 Å². The Kier molecular flexibility index (Phi) is 3.21. The van der Waals surface area contributed by atoms with Crippen LogP contribution in [0.1, 0.15) is 25.5 Å². The van der Waals surface area contributed by atoms with E-state index in [4.69, 9.17) is 4.74 Å². The third kappa shape index (κ3) is 2.93. The van der Waals surface area contributed by atoms with E-state index in [0.717, 1.165) is 24.3 Å². The first kappa shape index (κ1) is 10.4. The van der Waals surface area contributed by atoms with Gasteiger partial charge in [-0.25, -0.2) is 0 Å². The van der Waals surface area contributed by atoms with Crippen molar-refractivity contribution in [1.29, 1.82) is 0 Å². The predicted molar refractivity (Wildman–Crippen MR) is 61.0 cm³/mol. The van der Waals surface area contributed by atoms with E-state index in [0.29, 0.717) is 12.2 Å². The molecule has 2 unspecified atom stereocenters. The van der Waals surface area contributed by atoms with Gasteiger partial charge in [-0.2, -0.15) is 0 Å². The van der Waals surface area contributed by atoms with Crippen molar-refractivity contribution in [2.24, 2.45) is 0 Å². The fourth-order valence-corrected chi connectivity index (χ4v) is 1.84. The van der Waals surface area contributed by atoms with Gasteiger partial charge < -0.3 is 10.1 Å². The van der Waals surface area contributed by atoms with Gasteiger partial charge in [0.1, 0.15) is 0 Å². The van der Waals surface area contributed by atoms with E-state index in [-0.39, 0.29) is 0 Å². The van der Waals surface area contributed by atoms with Gasteiger partial charge in [0.15, 0.2) is 0 Å². The van der Waals surface area contributed by atoms with Gasteiger partial charge >= 0.3 is 0 Å². The fraction of sp³-hybridized carbons (Fsp3) is 0.583. The fourth-order valence-electron chi connectivity index (χ4n) is 1.84. The lowest BCUT2D eigenvalue weighted by molar-refractivity contribution is 0.0637. The van der Waals surface area contributed by atoms with Crippen molar-refractivity contribution in [2.45, 2.75) is 38.9 Å². The smallest absolute Gasteiger partial charge is 0.0751 e. The summed E-state index contributed by atoms with van der Waals surface area (Å²) in [5.74, 6) is 0. The van der Waals surface area contributed by atoms with Gasteiger partial charge in [-0.05, 0) is 38.8 Å². The molecule has 1 aromatic rings. The molecule has 2 rings (SSSR count). The van der Waals surface area contributed by atoms with E-state index in [1.54, 1.807) is 0 Å². The van der Waals surface area contributed by atoms with Crippen LogP contribution in [0.15, 0.2) is 18.3 Å². The van der Waals surface area contributed by atoms with E-state index in [1.165, 1.54) is 6.42 Å². The summed E-state index contributed by atoms with van der Waals surface area (Å²) in [6, 6.07) is 4.07. The van der Waals surface area contributed by atoms with Gasteiger partial charge in [0, 0.05) is 12.2 Å². The number of anilines is 1. The Morgan fingerprint density at radius 2 is 2.33 bits per heavy atom. The van der Waals surface area contributed by atoms with Crippen LogP contribution in [-0.2, 0) is 4.74 Å². The molecule has 15 heavy (non-hydrogen) atoms. The van der Waals surface area contributed by atoms with Gasteiger partial charge in [0.25, 0.3) is 0 Å². The lowest BCUT2D eigenvalue weighted by atomic mass is 10.2. The third-order valence-corrected chi connectivity index (χ3v) is 2.77. The van der Waals surface area contributed by atoms with E-state index in [9.17, 15) is 0 Å². The molecule has 1 aromatic heterocycles. The average molecular weight is 206 g/mol. The molecule has 0 saturated carbocycles. The van der Waals surface area contributed by atoms with Crippen LogP contribution in [0, 0.1) is 6.92 Å². The zero-order valence-electron chi connectivity index (χ0n) is 9.36. The molecule has 0 aliphatic carbocycles. The van der Waals surface area contributed by atoms with Gasteiger partial charge in [-0.1, -0.05) is 0 Å². The minimum Gasteiger partial charge on any atom is -0.381 e. The number of nitrogens with zero attached hydrogens (tertiary/aromatic N) is 1. The summed E-state index contributed by atoms with van der Waals surface area (Å²) in [6.45, 7) is 5.01. The molecular weight excluding hydrogens is 188 g/mol. The van der Waals surface area contributed by atoms with E-state index in [2.05, 4.69) is 23.3 Å². The van der Waals surface area contributed by atoms with Crippen LogP contribution in [0.5, 0.6) is 0 Å². The molecule has 0 radical (unpaired) electrons. The van der Waals surface area contributed by atoms with Gasteiger partial charge in [-0.15, -0.1) is 0 Å². The van der Waals surface area contributed by atoms with Gasteiger partial charge in [0.05, 0.1) is 24.1 Å². The van der Waals surface area contributed by atoms with Crippen molar-refractivity contribution in [2.75, 3.05) is 11.9 Å². The van der Waals surface area contributed by atoms with Crippen molar-refractivity contribution in [3.8, 4) is 0 Å². The maximum atomic E-state index is 5.72. The summed E-state index contributed by atoms with van der Waals surface area (Å²) in [6.07, 6.45) is 4.99. The van der Waals surface area contributed by atoms with Crippen LogP contribution in [0.2, 0.25) is 0 Å². The van der Waals surface area contributed by atoms with Crippen LogP contribution < -0.4 is 5.32 Å². The highest BCUT2D eigenvalue weighted by atomic mass is 16.5. The Balaban J connectivity index is 1.80. The summed E-state index contributed by atoms with van der Waals surface area (Å²) in [5, 5.41) is 3.35. The first-order valence-corrected chi connectivity index (χ1v) is 5.56. The lowest BCUT2D eigenvalue weighted by Crippen LogP contribution is -2.19. The molecule has 0 amide bonds. The second-order valence-electron chi connectivity index (χ2n) is 4.22. The number of hydrogen-bond donors (Lipinski definition) is 1. The molecule has 1 aliphatic heterocycles. The van der Waals surface area contributed by atoms with Crippen molar-refractivity contribution in [3.05, 3.63) is 24.0 Å². The lowest BCUT2D eigenvalue weighted by Gasteiger charge is -2.12. The molecule has 0 spiro atoms. The number of rotatable bonds is 3. The van der Waals surface area contributed by atoms with Crippen molar-refractivity contribution >= 4 is 5.69 Å². The second kappa shape index (κ2) is 4.62. The summed E-state index contributed by atoms with van der Waals surface area (Å²) in [4.78, 5) is 4.24. The van der Waals surface area contributed by atoms with Crippen molar-refractivity contribution in [3.63, 3.8) is 0 Å². The molecule has 1 aliphatic rings. The van der Waals surface area contributed by atoms with Crippen LogP contribution in [0.4, 0.5) is 5.69 Å². The second-order valence-corrected chi connectivity index (χ2v) is 4.22. The highest BCUT2D eigenvalue weighted by Crippen LogP contribution is 2.19. The zero-order chi connectivity index (χ0) is 10.7. The molecule has 2 atom stereocenters. The highest BCUT2D eigenvalue weighted by Gasteiger charge is 2.21. The number of ether oxygens (including phenoxy) is 1. The number of hydrogen-bond acceptors (Lipinski definition) is 3. The Morgan fingerprint density at radius 1 is 1.47 bits per heavy atom. The third-order valence-electron chi connectivity index (χ3n) is 2.77. The van der Waals surface area contributed by atoms with Crippen LogP contribution in [0.25, 0.3) is 0 Å². The topological polar surface area (TPSA) is 34.1 Å². The van der Waals surface area contributed by atoms with E-state index >= 15 is 0 Å². The SMILES string of the molecule is Cc1ccc(NCC2CCC(C)O2)cn1. The normalized spacial score (nSPS) is 25.5. The molecule has 3 heteroatoms. The monoisotopic (exact) mass is 206 g/mol. The first-order valence-electron chi connectivity index (χ1n) is 5.56. The van der Waals surface area contributed by atoms with Crippen molar-refractivity contribution < 1.29 is 4.74 Å². The molecule has 2 heterocycles. The number of aryl methyl sites for hydroxylation is 1. The molecule has 0 aromatic carbocycles. The first-order chi connectivity index (χ1) is 7.24. The minimum absolute atomic E-state index is 0.362. The molecule has 82 valence electrons. The van der Waals surface area contributed by atoms with Crippen LogP contribution in [0.3, 0.4) is 0 Å². The zero-order valence-corrected chi connectivity index (χ0v) is 9.36. The average Bonchev–Trinajstić information content (AvgIpc) is 2.64. The Bertz CT molecular complexity index is 310. The van der Waals surface area contributed by atoms with E-state index < -0.39 is 0 Å². The molecular formula is C12H18N2O. The Hall–Kier alpha value is -1.09. The van der Waals surface area contributed by atoms with E-state index in [1.807, 2.05) is 19.2 Å². The van der Waals surface area contributed by atoms with Crippen LogP contribution >= 0.6 is 0 Å². The number of pyridine rings is 1. The predicted octanol–water partition coefficient (Wildman–Crippen LogP) is 2.37.